The number of benzene rings is 2. The van der Waals surface area contributed by atoms with Crippen molar-refractivity contribution in [3.05, 3.63) is 93.4 Å². The van der Waals surface area contributed by atoms with E-state index in [2.05, 4.69) is 29.3 Å². The SMILES string of the molecule is CC1(C)CN(C2c3ccccc3CSc3ccccc32)n2ccc(=O)c(O)c2C1=O. The zero-order valence-corrected chi connectivity index (χ0v) is 17.6. The van der Waals surface area contributed by atoms with Crippen molar-refractivity contribution >= 4 is 17.5 Å². The van der Waals surface area contributed by atoms with Gasteiger partial charge in [0.25, 0.3) is 0 Å². The molecular formula is C24H22N2O3S. The Morgan fingerprint density at radius 1 is 1.00 bits per heavy atom. The number of nitrogens with zero attached hydrogens (tertiary/aromatic N) is 2. The van der Waals surface area contributed by atoms with Crippen LogP contribution in [0, 0.1) is 5.41 Å². The first-order chi connectivity index (χ1) is 14.4. The first-order valence-corrected chi connectivity index (χ1v) is 10.9. The van der Waals surface area contributed by atoms with Gasteiger partial charge in [0.15, 0.2) is 17.2 Å². The van der Waals surface area contributed by atoms with E-state index in [1.807, 2.05) is 38.1 Å². The van der Waals surface area contributed by atoms with Crippen molar-refractivity contribution in [1.82, 2.24) is 4.68 Å². The highest BCUT2D eigenvalue weighted by atomic mass is 32.2. The van der Waals surface area contributed by atoms with E-state index in [9.17, 15) is 14.7 Å². The quantitative estimate of drug-likeness (QED) is 0.644. The maximum Gasteiger partial charge on any atom is 0.224 e. The number of hydrogen-bond acceptors (Lipinski definition) is 5. The van der Waals surface area contributed by atoms with Gasteiger partial charge in [0.2, 0.25) is 5.43 Å². The zero-order valence-electron chi connectivity index (χ0n) is 16.8. The van der Waals surface area contributed by atoms with Crippen LogP contribution in [0.4, 0.5) is 0 Å². The molecule has 0 fully saturated rings. The second-order valence-electron chi connectivity index (χ2n) is 8.46. The Morgan fingerprint density at radius 2 is 1.70 bits per heavy atom. The summed E-state index contributed by atoms with van der Waals surface area (Å²) in [6.45, 7) is 4.19. The lowest BCUT2D eigenvalue weighted by Crippen LogP contribution is -2.54. The van der Waals surface area contributed by atoms with E-state index in [-0.39, 0.29) is 17.5 Å². The molecule has 3 heterocycles. The topological polar surface area (TPSA) is 62.5 Å². The Hall–Kier alpha value is -2.99. The number of carbonyl (C=O) groups excluding carboxylic acids is 1. The van der Waals surface area contributed by atoms with Crippen molar-refractivity contribution in [2.45, 2.75) is 30.5 Å². The highest BCUT2D eigenvalue weighted by Gasteiger charge is 2.43. The van der Waals surface area contributed by atoms with Gasteiger partial charge >= 0.3 is 0 Å². The molecule has 30 heavy (non-hydrogen) atoms. The van der Waals surface area contributed by atoms with E-state index in [1.54, 1.807) is 22.6 Å². The third-order valence-corrected chi connectivity index (χ3v) is 7.10. The summed E-state index contributed by atoms with van der Waals surface area (Å²) in [4.78, 5) is 26.5. The first-order valence-electron chi connectivity index (χ1n) is 9.94. The molecule has 1 aromatic heterocycles. The molecule has 5 nitrogen and oxygen atoms in total. The van der Waals surface area contributed by atoms with Crippen molar-refractivity contribution in [3.63, 3.8) is 0 Å². The van der Waals surface area contributed by atoms with Crippen LogP contribution in [0.15, 0.2) is 70.5 Å². The molecule has 152 valence electrons. The van der Waals surface area contributed by atoms with Crippen LogP contribution in [0.3, 0.4) is 0 Å². The molecule has 1 unspecified atom stereocenters. The minimum absolute atomic E-state index is 0.0608. The van der Waals surface area contributed by atoms with E-state index in [0.29, 0.717) is 6.54 Å². The summed E-state index contributed by atoms with van der Waals surface area (Å²) in [5.41, 5.74) is 2.33. The molecule has 5 rings (SSSR count). The van der Waals surface area contributed by atoms with Crippen LogP contribution < -0.4 is 10.4 Å². The number of Topliss-reactive ketones (excluding diaryl/α,β-unsaturated/α-hetero) is 1. The van der Waals surface area contributed by atoms with E-state index in [1.165, 1.54) is 22.1 Å². The van der Waals surface area contributed by atoms with Crippen LogP contribution in [-0.4, -0.2) is 22.1 Å². The number of aromatic hydroxyl groups is 1. The predicted molar refractivity (Wildman–Crippen MR) is 118 cm³/mol. The van der Waals surface area contributed by atoms with Crippen molar-refractivity contribution < 1.29 is 9.90 Å². The molecule has 0 amide bonds. The Kier molecular flexibility index (Phi) is 4.29. The maximum absolute atomic E-state index is 13.1. The van der Waals surface area contributed by atoms with Gasteiger partial charge in [-0.25, -0.2) is 0 Å². The number of rotatable bonds is 1. The standard InChI is InChI=1S/C24H22N2O3S/c1-24(2)14-26(25-12-11-18(27)22(28)21(25)23(24)29)20-16-8-4-3-7-15(16)13-30-19-10-6-5-9-17(19)20/h3-12,20,28H,13-14H2,1-2H3. The van der Waals surface area contributed by atoms with Gasteiger partial charge in [0, 0.05) is 34.9 Å². The summed E-state index contributed by atoms with van der Waals surface area (Å²) in [5.74, 6) is 0.158. The largest absolute Gasteiger partial charge is 0.503 e. The van der Waals surface area contributed by atoms with Crippen LogP contribution in [0.1, 0.15) is 47.1 Å². The third-order valence-electron chi connectivity index (χ3n) is 5.96. The Bertz CT molecular complexity index is 1180. The fourth-order valence-corrected chi connectivity index (χ4v) is 5.54. The van der Waals surface area contributed by atoms with E-state index in [0.717, 1.165) is 11.3 Å². The molecule has 3 aromatic rings. The third kappa shape index (κ3) is 2.78. The van der Waals surface area contributed by atoms with Crippen molar-refractivity contribution in [2.24, 2.45) is 5.41 Å². The number of pyridine rings is 1. The normalized spacial score (nSPS) is 19.5. The van der Waals surface area contributed by atoms with Gasteiger partial charge in [0.1, 0.15) is 0 Å². The molecule has 2 aliphatic rings. The highest BCUT2D eigenvalue weighted by Crippen LogP contribution is 2.44. The number of hydrogen-bond donors (Lipinski definition) is 1. The lowest BCUT2D eigenvalue weighted by atomic mass is 9.82. The molecule has 6 heteroatoms. The van der Waals surface area contributed by atoms with Crippen molar-refractivity contribution in [2.75, 3.05) is 11.6 Å². The lowest BCUT2D eigenvalue weighted by molar-refractivity contribution is 0.0786. The van der Waals surface area contributed by atoms with E-state index >= 15 is 0 Å². The second-order valence-corrected chi connectivity index (χ2v) is 9.48. The number of aromatic nitrogens is 1. The van der Waals surface area contributed by atoms with Crippen LogP contribution in [0.5, 0.6) is 5.75 Å². The smallest absolute Gasteiger partial charge is 0.224 e. The Labute approximate surface area is 178 Å². The van der Waals surface area contributed by atoms with Gasteiger partial charge in [0.05, 0.1) is 6.04 Å². The van der Waals surface area contributed by atoms with Crippen LogP contribution >= 0.6 is 11.8 Å². The van der Waals surface area contributed by atoms with Gasteiger partial charge in [-0.1, -0.05) is 56.3 Å². The number of thioether (sulfide) groups is 1. The summed E-state index contributed by atoms with van der Waals surface area (Å²) in [6, 6.07) is 17.9. The molecule has 2 aromatic carbocycles. The Morgan fingerprint density at radius 3 is 2.50 bits per heavy atom. The fraction of sp³-hybridized carbons (Fsp3) is 0.250. The van der Waals surface area contributed by atoms with Gasteiger partial charge < -0.3 is 5.11 Å². The van der Waals surface area contributed by atoms with Crippen molar-refractivity contribution in [3.8, 4) is 5.75 Å². The zero-order chi connectivity index (χ0) is 21.0. The molecule has 0 spiro atoms. The molecule has 0 radical (unpaired) electrons. The molecule has 0 bridgehead atoms. The molecule has 2 aliphatic heterocycles. The first kappa shape index (κ1) is 19.0. The Balaban J connectivity index is 1.81. The van der Waals surface area contributed by atoms with Gasteiger partial charge in [-0.15, -0.1) is 11.8 Å². The summed E-state index contributed by atoms with van der Waals surface area (Å²) < 4.78 is 1.68. The molecular weight excluding hydrogens is 396 g/mol. The minimum atomic E-state index is -0.755. The van der Waals surface area contributed by atoms with E-state index in [4.69, 9.17) is 0 Å². The summed E-state index contributed by atoms with van der Waals surface area (Å²) >= 11 is 1.81. The van der Waals surface area contributed by atoms with Gasteiger partial charge in [-0.3, -0.25) is 19.3 Å². The van der Waals surface area contributed by atoms with Gasteiger partial charge in [-0.2, -0.15) is 0 Å². The number of fused-ring (bicyclic) bond motifs is 3. The van der Waals surface area contributed by atoms with Crippen molar-refractivity contribution in [1.29, 1.82) is 0 Å². The number of ketones is 1. The lowest BCUT2D eigenvalue weighted by Gasteiger charge is -2.45. The summed E-state index contributed by atoms with van der Waals surface area (Å²) in [6.07, 6.45) is 1.60. The average molecular weight is 419 g/mol. The van der Waals surface area contributed by atoms with Crippen LogP contribution in [0.25, 0.3) is 0 Å². The van der Waals surface area contributed by atoms with Gasteiger partial charge in [-0.05, 0) is 22.8 Å². The van der Waals surface area contributed by atoms with Crippen LogP contribution in [-0.2, 0) is 5.75 Å². The number of carbonyl (C=O) groups is 1. The summed E-state index contributed by atoms with van der Waals surface area (Å²) in [5, 5.41) is 12.6. The summed E-state index contributed by atoms with van der Waals surface area (Å²) in [7, 11) is 0. The highest BCUT2D eigenvalue weighted by molar-refractivity contribution is 7.98. The predicted octanol–water partition coefficient (Wildman–Crippen LogP) is 4.11. The molecule has 0 saturated carbocycles. The fourth-order valence-electron chi connectivity index (χ4n) is 4.45. The van der Waals surface area contributed by atoms with Crippen LogP contribution in [0.2, 0.25) is 0 Å². The minimum Gasteiger partial charge on any atom is -0.503 e. The second kappa shape index (κ2) is 6.77. The molecule has 1 atom stereocenters. The molecule has 0 aliphatic carbocycles. The maximum atomic E-state index is 13.1. The monoisotopic (exact) mass is 418 g/mol. The average Bonchev–Trinajstić information content (AvgIpc) is 2.90. The molecule has 1 N–H and O–H groups in total. The van der Waals surface area contributed by atoms with E-state index < -0.39 is 16.6 Å². The molecule has 0 saturated heterocycles.